The zero-order chi connectivity index (χ0) is 14.8. The van der Waals surface area contributed by atoms with Crippen LogP contribution in [0.15, 0.2) is 22.8 Å². The predicted molar refractivity (Wildman–Crippen MR) is 82.7 cm³/mol. The smallest absolute Gasteiger partial charge is 0.265 e. The number of carbonyl (C=O) groups is 1. The van der Waals surface area contributed by atoms with Crippen LogP contribution in [0, 0.1) is 0 Å². The van der Waals surface area contributed by atoms with Gasteiger partial charge in [-0.05, 0) is 18.1 Å². The molecule has 1 amide bonds. The van der Waals surface area contributed by atoms with E-state index in [9.17, 15) is 4.79 Å². The van der Waals surface area contributed by atoms with Crippen molar-refractivity contribution in [2.45, 2.75) is 19.8 Å². The van der Waals surface area contributed by atoms with Crippen LogP contribution in [0.2, 0.25) is 0 Å². The summed E-state index contributed by atoms with van der Waals surface area (Å²) in [6.45, 7) is 7.35. The molecule has 0 spiro atoms. The van der Waals surface area contributed by atoms with Gasteiger partial charge in [0.1, 0.15) is 4.88 Å². The minimum atomic E-state index is 0.0931. The maximum Gasteiger partial charge on any atom is 0.265 e. The van der Waals surface area contributed by atoms with E-state index in [0.717, 1.165) is 47.5 Å². The second-order valence-corrected chi connectivity index (χ2v) is 6.41. The first-order valence-electron chi connectivity index (χ1n) is 7.21. The van der Waals surface area contributed by atoms with Crippen molar-refractivity contribution in [3.8, 4) is 10.8 Å². The number of thiazole rings is 1. The van der Waals surface area contributed by atoms with Gasteiger partial charge in [0.05, 0.1) is 12.0 Å². The monoisotopic (exact) mass is 305 g/mol. The Bertz CT molecular complexity index is 613. The second-order valence-electron chi connectivity index (χ2n) is 5.41. The number of hydrogen-bond acceptors (Lipinski definition) is 5. The summed E-state index contributed by atoms with van der Waals surface area (Å²) < 4.78 is 5.41. The van der Waals surface area contributed by atoms with Crippen LogP contribution in [-0.4, -0.2) is 42.0 Å². The highest BCUT2D eigenvalue weighted by molar-refractivity contribution is 7.17. The fourth-order valence-corrected chi connectivity index (χ4v) is 3.55. The number of hydrogen-bond donors (Lipinski definition) is 1. The van der Waals surface area contributed by atoms with E-state index in [-0.39, 0.29) is 11.8 Å². The maximum absolute atomic E-state index is 12.7. The number of nitrogens with zero attached hydrogens (tertiary/aromatic N) is 2. The average molecular weight is 305 g/mol. The summed E-state index contributed by atoms with van der Waals surface area (Å²) in [5, 5.41) is 4.04. The van der Waals surface area contributed by atoms with Crippen molar-refractivity contribution in [1.82, 2.24) is 15.2 Å². The molecular weight excluding hydrogens is 286 g/mol. The summed E-state index contributed by atoms with van der Waals surface area (Å²) >= 11 is 1.43. The van der Waals surface area contributed by atoms with Gasteiger partial charge in [-0.3, -0.25) is 4.79 Å². The lowest BCUT2D eigenvalue weighted by Gasteiger charge is -2.27. The van der Waals surface area contributed by atoms with E-state index in [2.05, 4.69) is 24.1 Å². The van der Waals surface area contributed by atoms with Gasteiger partial charge in [-0.1, -0.05) is 13.8 Å². The Hall–Kier alpha value is -1.66. The topological polar surface area (TPSA) is 58.4 Å². The van der Waals surface area contributed by atoms with Crippen molar-refractivity contribution in [1.29, 1.82) is 0 Å². The quantitative estimate of drug-likeness (QED) is 0.947. The number of rotatable bonds is 3. The number of aromatic nitrogens is 1. The van der Waals surface area contributed by atoms with Crippen molar-refractivity contribution in [3.63, 3.8) is 0 Å². The molecule has 21 heavy (non-hydrogen) atoms. The molecule has 0 aromatic carbocycles. The van der Waals surface area contributed by atoms with Crippen molar-refractivity contribution >= 4 is 17.2 Å². The first-order valence-corrected chi connectivity index (χ1v) is 8.03. The van der Waals surface area contributed by atoms with Crippen LogP contribution in [0.3, 0.4) is 0 Å². The lowest BCUT2D eigenvalue weighted by molar-refractivity contribution is 0.0739. The van der Waals surface area contributed by atoms with E-state index in [4.69, 9.17) is 4.42 Å². The number of nitrogens with one attached hydrogen (secondary N) is 1. The maximum atomic E-state index is 12.7. The standard InChI is InChI=1S/C15H19N3O2S/c1-10(2)12-13(15(19)18-7-5-16-6-8-18)21-14(17-12)11-4-3-9-20-11/h3-4,9-10,16H,5-8H2,1-2H3. The summed E-state index contributed by atoms with van der Waals surface area (Å²) in [7, 11) is 0. The molecule has 5 nitrogen and oxygen atoms in total. The van der Waals surface area contributed by atoms with E-state index in [1.165, 1.54) is 11.3 Å². The summed E-state index contributed by atoms with van der Waals surface area (Å²) in [6, 6.07) is 3.71. The summed E-state index contributed by atoms with van der Waals surface area (Å²) in [4.78, 5) is 20.0. The molecule has 0 aliphatic carbocycles. The lowest BCUT2D eigenvalue weighted by atomic mass is 10.1. The van der Waals surface area contributed by atoms with Gasteiger partial charge in [-0.15, -0.1) is 11.3 Å². The molecule has 1 N–H and O–H groups in total. The third kappa shape index (κ3) is 2.87. The first kappa shape index (κ1) is 14.3. The normalized spacial score (nSPS) is 15.7. The Kier molecular flexibility index (Phi) is 4.07. The van der Waals surface area contributed by atoms with E-state index < -0.39 is 0 Å². The van der Waals surface area contributed by atoms with Gasteiger partial charge in [-0.2, -0.15) is 0 Å². The van der Waals surface area contributed by atoms with Crippen LogP contribution in [0.25, 0.3) is 10.8 Å². The molecule has 0 radical (unpaired) electrons. The van der Waals surface area contributed by atoms with Crippen LogP contribution >= 0.6 is 11.3 Å². The van der Waals surface area contributed by atoms with Gasteiger partial charge >= 0.3 is 0 Å². The zero-order valence-electron chi connectivity index (χ0n) is 12.3. The van der Waals surface area contributed by atoms with Crippen LogP contribution in [0.1, 0.15) is 35.1 Å². The fraction of sp³-hybridized carbons (Fsp3) is 0.467. The first-order chi connectivity index (χ1) is 10.2. The minimum absolute atomic E-state index is 0.0931. The number of piperazine rings is 1. The lowest BCUT2D eigenvalue weighted by Crippen LogP contribution is -2.46. The third-order valence-corrected chi connectivity index (χ3v) is 4.60. The molecule has 1 fully saturated rings. The van der Waals surface area contributed by atoms with Crippen molar-refractivity contribution in [2.24, 2.45) is 0 Å². The van der Waals surface area contributed by atoms with Crippen LogP contribution < -0.4 is 5.32 Å². The molecule has 0 saturated carbocycles. The van der Waals surface area contributed by atoms with Gasteiger partial charge in [0.15, 0.2) is 10.8 Å². The van der Waals surface area contributed by atoms with Crippen LogP contribution in [0.5, 0.6) is 0 Å². The molecule has 2 aromatic heterocycles. The third-order valence-electron chi connectivity index (χ3n) is 3.53. The average Bonchev–Trinajstić information content (AvgIpc) is 3.16. The molecule has 0 bridgehead atoms. The van der Waals surface area contributed by atoms with Gasteiger partial charge in [0, 0.05) is 26.2 Å². The van der Waals surface area contributed by atoms with Gasteiger partial charge in [0.25, 0.3) is 5.91 Å². The van der Waals surface area contributed by atoms with Gasteiger partial charge in [-0.25, -0.2) is 4.98 Å². The van der Waals surface area contributed by atoms with Crippen molar-refractivity contribution in [2.75, 3.05) is 26.2 Å². The van der Waals surface area contributed by atoms with Gasteiger partial charge in [0.2, 0.25) is 0 Å². The number of amides is 1. The molecule has 1 aliphatic heterocycles. The molecule has 6 heteroatoms. The van der Waals surface area contributed by atoms with E-state index in [1.807, 2.05) is 17.0 Å². The molecule has 2 aromatic rings. The highest BCUT2D eigenvalue weighted by Crippen LogP contribution is 2.32. The van der Waals surface area contributed by atoms with Crippen LogP contribution in [-0.2, 0) is 0 Å². The molecule has 1 saturated heterocycles. The Morgan fingerprint density at radius 1 is 1.43 bits per heavy atom. The molecule has 1 aliphatic rings. The predicted octanol–water partition coefficient (Wildman–Crippen LogP) is 2.57. The second kappa shape index (κ2) is 5.99. The molecule has 3 rings (SSSR count). The Morgan fingerprint density at radius 2 is 2.19 bits per heavy atom. The minimum Gasteiger partial charge on any atom is -0.462 e. The SMILES string of the molecule is CC(C)c1nc(-c2ccco2)sc1C(=O)N1CCNCC1. The highest BCUT2D eigenvalue weighted by atomic mass is 32.1. The largest absolute Gasteiger partial charge is 0.462 e. The summed E-state index contributed by atoms with van der Waals surface area (Å²) in [5.41, 5.74) is 0.870. The van der Waals surface area contributed by atoms with E-state index in [1.54, 1.807) is 6.26 Å². The van der Waals surface area contributed by atoms with E-state index >= 15 is 0 Å². The Labute approximate surface area is 128 Å². The Balaban J connectivity index is 1.94. The molecule has 0 atom stereocenters. The Morgan fingerprint density at radius 3 is 2.81 bits per heavy atom. The number of carbonyl (C=O) groups excluding carboxylic acids is 1. The van der Waals surface area contributed by atoms with Crippen molar-refractivity contribution in [3.05, 3.63) is 29.0 Å². The number of furan rings is 1. The molecule has 112 valence electrons. The molecular formula is C15H19N3O2S. The fourth-order valence-electron chi connectivity index (χ4n) is 2.39. The van der Waals surface area contributed by atoms with E-state index in [0.29, 0.717) is 0 Å². The summed E-state index contributed by atoms with van der Waals surface area (Å²) in [6.07, 6.45) is 1.63. The highest BCUT2D eigenvalue weighted by Gasteiger charge is 2.26. The molecule has 0 unspecified atom stereocenters. The zero-order valence-corrected chi connectivity index (χ0v) is 13.1. The molecule has 3 heterocycles. The van der Waals surface area contributed by atoms with Gasteiger partial charge < -0.3 is 14.6 Å². The summed E-state index contributed by atoms with van der Waals surface area (Å²) in [5.74, 6) is 1.03. The van der Waals surface area contributed by atoms with Crippen molar-refractivity contribution < 1.29 is 9.21 Å². The van der Waals surface area contributed by atoms with Crippen LogP contribution in [0.4, 0.5) is 0 Å².